The van der Waals surface area contributed by atoms with Crippen LogP contribution in [0.2, 0.25) is 5.02 Å². The zero-order valence-corrected chi connectivity index (χ0v) is 14.1. The van der Waals surface area contributed by atoms with Crippen LogP contribution in [-0.2, 0) is 15.7 Å². The lowest BCUT2D eigenvalue weighted by atomic mass is 10.1. The summed E-state index contributed by atoms with van der Waals surface area (Å²) in [5.74, 6) is -1.28. The van der Waals surface area contributed by atoms with Crippen molar-refractivity contribution in [3.63, 3.8) is 0 Å². The molecule has 0 aliphatic carbocycles. The van der Waals surface area contributed by atoms with Gasteiger partial charge in [-0.15, -0.1) is 0 Å². The molecule has 9 heteroatoms. The van der Waals surface area contributed by atoms with Gasteiger partial charge in [0.2, 0.25) is 5.91 Å². The molecular weight excluding hydrogens is 361 g/mol. The Morgan fingerprint density at radius 1 is 1.28 bits per heavy atom. The van der Waals surface area contributed by atoms with Crippen LogP contribution in [0, 0.1) is 5.92 Å². The number of amides is 2. The molecule has 0 unspecified atom stereocenters. The number of hydrogen-bond acceptors (Lipinski definition) is 3. The standard InChI is InChI=1S/C16H16ClF3N2O3/c1-21-11-6-22(5-9(14(21)23)7-25-8-11)15(24)12-4-10(16(18,19)20)2-3-13(12)17/h2-4,9,11H,5-8H2,1H3/t9-,11+/m1/s1. The Hall–Kier alpha value is -1.80. The van der Waals surface area contributed by atoms with Gasteiger partial charge in [0.25, 0.3) is 5.91 Å². The lowest BCUT2D eigenvalue weighted by Crippen LogP contribution is -2.45. The fraction of sp³-hybridized carbons (Fsp3) is 0.500. The van der Waals surface area contributed by atoms with Crippen molar-refractivity contribution in [2.45, 2.75) is 12.2 Å². The zero-order chi connectivity index (χ0) is 18.4. The predicted octanol–water partition coefficient (Wildman–Crippen LogP) is 2.29. The summed E-state index contributed by atoms with van der Waals surface area (Å²) in [4.78, 5) is 28.0. The molecule has 0 spiro atoms. The normalized spacial score (nSPS) is 24.3. The van der Waals surface area contributed by atoms with Crippen molar-refractivity contribution in [2.24, 2.45) is 5.92 Å². The first-order chi connectivity index (χ1) is 11.7. The van der Waals surface area contributed by atoms with E-state index in [2.05, 4.69) is 0 Å². The van der Waals surface area contributed by atoms with Gasteiger partial charge in [-0.2, -0.15) is 13.2 Å². The summed E-state index contributed by atoms with van der Waals surface area (Å²) in [6.45, 7) is 0.730. The maximum atomic E-state index is 12.9. The van der Waals surface area contributed by atoms with Gasteiger partial charge in [-0.25, -0.2) is 0 Å². The fourth-order valence-electron chi connectivity index (χ4n) is 3.10. The largest absolute Gasteiger partial charge is 0.416 e. The third-order valence-corrected chi connectivity index (χ3v) is 4.89. The van der Waals surface area contributed by atoms with Crippen molar-refractivity contribution in [3.8, 4) is 0 Å². The molecule has 1 aromatic rings. The minimum absolute atomic E-state index is 0.0525. The van der Waals surface area contributed by atoms with Crippen molar-refractivity contribution in [2.75, 3.05) is 33.4 Å². The summed E-state index contributed by atoms with van der Waals surface area (Å²) in [5, 5.41) is -0.0525. The summed E-state index contributed by atoms with van der Waals surface area (Å²) in [7, 11) is 1.64. The van der Waals surface area contributed by atoms with Crippen LogP contribution in [-0.4, -0.2) is 61.0 Å². The Labute approximate surface area is 147 Å². The lowest BCUT2D eigenvalue weighted by Gasteiger charge is -2.29. The molecule has 2 bridgehead atoms. The summed E-state index contributed by atoms with van der Waals surface area (Å²) >= 11 is 5.96. The molecule has 1 aromatic carbocycles. The number of carbonyl (C=O) groups is 2. The van der Waals surface area contributed by atoms with Gasteiger partial charge in [0, 0.05) is 20.1 Å². The van der Waals surface area contributed by atoms with Gasteiger partial charge in [0.05, 0.1) is 41.3 Å². The van der Waals surface area contributed by atoms with E-state index < -0.39 is 23.6 Å². The SMILES string of the molecule is CN1C(=O)[C@H]2COC[C@@H]1CN(C(=O)c1cc(C(F)(F)F)ccc1Cl)C2. The van der Waals surface area contributed by atoms with E-state index in [4.69, 9.17) is 16.3 Å². The molecule has 0 aromatic heterocycles. The van der Waals surface area contributed by atoms with Gasteiger partial charge >= 0.3 is 6.18 Å². The van der Waals surface area contributed by atoms with E-state index in [-0.39, 0.29) is 48.8 Å². The number of carbonyl (C=O) groups excluding carboxylic acids is 2. The summed E-state index contributed by atoms with van der Waals surface area (Å²) < 4.78 is 44.2. The Morgan fingerprint density at radius 3 is 2.68 bits per heavy atom. The fourth-order valence-corrected chi connectivity index (χ4v) is 3.30. The topological polar surface area (TPSA) is 49.9 Å². The number of ether oxygens (including phenoxy) is 1. The first-order valence-electron chi connectivity index (χ1n) is 7.69. The van der Waals surface area contributed by atoms with Crippen molar-refractivity contribution in [1.82, 2.24) is 9.80 Å². The molecule has 136 valence electrons. The van der Waals surface area contributed by atoms with Crippen molar-refractivity contribution >= 4 is 23.4 Å². The van der Waals surface area contributed by atoms with Crippen molar-refractivity contribution < 1.29 is 27.5 Å². The third-order valence-electron chi connectivity index (χ3n) is 4.56. The summed E-state index contributed by atoms with van der Waals surface area (Å²) in [6, 6.07) is 2.32. The van der Waals surface area contributed by atoms with Gasteiger partial charge in [-0.3, -0.25) is 9.59 Å². The van der Waals surface area contributed by atoms with E-state index in [9.17, 15) is 22.8 Å². The number of rotatable bonds is 1. The van der Waals surface area contributed by atoms with Crippen LogP contribution < -0.4 is 0 Å². The highest BCUT2D eigenvalue weighted by molar-refractivity contribution is 6.33. The van der Waals surface area contributed by atoms with E-state index in [1.807, 2.05) is 0 Å². The van der Waals surface area contributed by atoms with Gasteiger partial charge < -0.3 is 14.5 Å². The Kier molecular flexibility index (Phi) is 4.68. The molecule has 0 radical (unpaired) electrons. The predicted molar refractivity (Wildman–Crippen MR) is 83.2 cm³/mol. The van der Waals surface area contributed by atoms with Crippen LogP contribution in [0.4, 0.5) is 13.2 Å². The molecule has 2 heterocycles. The second kappa shape index (κ2) is 6.49. The number of benzene rings is 1. The van der Waals surface area contributed by atoms with Crippen molar-refractivity contribution in [1.29, 1.82) is 0 Å². The average molecular weight is 377 g/mol. The first kappa shape index (κ1) is 18.0. The molecule has 2 saturated heterocycles. The molecule has 5 nitrogen and oxygen atoms in total. The number of nitrogens with zero attached hydrogens (tertiary/aromatic N) is 2. The number of likely N-dealkylation sites (N-methyl/N-ethyl adjacent to an activating group) is 1. The van der Waals surface area contributed by atoms with E-state index >= 15 is 0 Å². The van der Waals surface area contributed by atoms with Crippen LogP contribution in [0.5, 0.6) is 0 Å². The van der Waals surface area contributed by atoms with Crippen LogP contribution in [0.1, 0.15) is 15.9 Å². The van der Waals surface area contributed by atoms with Crippen LogP contribution in [0.25, 0.3) is 0 Å². The maximum absolute atomic E-state index is 12.9. The van der Waals surface area contributed by atoms with Gasteiger partial charge in [0.1, 0.15) is 0 Å². The van der Waals surface area contributed by atoms with E-state index in [1.165, 1.54) is 4.90 Å². The highest BCUT2D eigenvalue weighted by atomic mass is 35.5. The second-order valence-corrected chi connectivity index (χ2v) is 6.65. The van der Waals surface area contributed by atoms with Gasteiger partial charge in [-0.1, -0.05) is 11.6 Å². The van der Waals surface area contributed by atoms with E-state index in [1.54, 1.807) is 11.9 Å². The van der Waals surface area contributed by atoms with Gasteiger partial charge in [-0.05, 0) is 18.2 Å². The number of halogens is 4. The minimum atomic E-state index is -4.57. The molecule has 2 fully saturated rings. The summed E-state index contributed by atoms with van der Waals surface area (Å²) in [6.07, 6.45) is -4.57. The Bertz CT molecular complexity index is 710. The van der Waals surface area contributed by atoms with Crippen LogP contribution >= 0.6 is 11.6 Å². The lowest BCUT2D eigenvalue weighted by molar-refractivity contribution is -0.137. The average Bonchev–Trinajstić information content (AvgIpc) is 2.71. The maximum Gasteiger partial charge on any atom is 0.416 e. The van der Waals surface area contributed by atoms with Gasteiger partial charge in [0.15, 0.2) is 0 Å². The minimum Gasteiger partial charge on any atom is -0.378 e. The monoisotopic (exact) mass is 376 g/mol. The number of fused-ring (bicyclic) bond motifs is 3. The third kappa shape index (κ3) is 3.46. The molecule has 0 saturated carbocycles. The Morgan fingerprint density at radius 2 is 2.00 bits per heavy atom. The molecule has 3 rings (SSSR count). The number of alkyl halides is 3. The molecular formula is C16H16ClF3N2O3. The molecule has 2 aliphatic rings. The van der Waals surface area contributed by atoms with Crippen molar-refractivity contribution in [3.05, 3.63) is 34.3 Å². The summed E-state index contributed by atoms with van der Waals surface area (Å²) in [5.41, 5.74) is -1.15. The molecule has 2 amide bonds. The zero-order valence-electron chi connectivity index (χ0n) is 13.3. The highest BCUT2D eigenvalue weighted by Crippen LogP contribution is 2.32. The molecule has 0 N–H and O–H groups in total. The molecule has 2 atom stereocenters. The molecule has 25 heavy (non-hydrogen) atoms. The van der Waals surface area contributed by atoms with Crippen LogP contribution in [0.3, 0.4) is 0 Å². The van der Waals surface area contributed by atoms with Crippen LogP contribution in [0.15, 0.2) is 18.2 Å². The van der Waals surface area contributed by atoms with E-state index in [0.29, 0.717) is 0 Å². The van der Waals surface area contributed by atoms with E-state index in [0.717, 1.165) is 18.2 Å². The second-order valence-electron chi connectivity index (χ2n) is 6.24. The Balaban J connectivity index is 1.92. The highest BCUT2D eigenvalue weighted by Gasteiger charge is 2.39. The molecule has 2 aliphatic heterocycles. The number of hydrogen-bond donors (Lipinski definition) is 0. The first-order valence-corrected chi connectivity index (χ1v) is 8.06. The smallest absolute Gasteiger partial charge is 0.378 e. The quantitative estimate of drug-likeness (QED) is 0.755.